The van der Waals surface area contributed by atoms with E-state index in [-0.39, 0.29) is 16.1 Å². The number of halogens is 1. The number of nitrogens with one attached hydrogen (secondary N) is 2. The summed E-state index contributed by atoms with van der Waals surface area (Å²) in [5.41, 5.74) is 4.77. The predicted octanol–water partition coefficient (Wildman–Crippen LogP) is 2.52. The number of ether oxygens (including phenoxy) is 1. The summed E-state index contributed by atoms with van der Waals surface area (Å²) >= 11 is 5.78. The van der Waals surface area contributed by atoms with Gasteiger partial charge in [-0.15, -0.1) is 0 Å². The normalized spacial score (nSPS) is 12.1. The van der Waals surface area contributed by atoms with Gasteiger partial charge in [-0.25, -0.2) is 18.0 Å². The lowest BCUT2D eigenvalue weighted by atomic mass is 10.1. The van der Waals surface area contributed by atoms with Crippen LogP contribution in [0.15, 0.2) is 53.4 Å². The third-order valence-corrected chi connectivity index (χ3v) is 5.49. The number of urea groups is 1. The van der Waals surface area contributed by atoms with Gasteiger partial charge in [0.1, 0.15) is 0 Å². The number of sulfonamides is 1. The lowest BCUT2D eigenvalue weighted by molar-refractivity contribution is -0.130. The molecule has 3 amide bonds. The molecule has 2 rings (SSSR count). The maximum absolute atomic E-state index is 12.7. The SMILES string of the molecule is CC(C)C(OC(=O)c1ccccc1NS(=O)(=O)c1ccc(Cl)cc1)C(=O)NC(N)=O. The maximum Gasteiger partial charge on any atom is 0.341 e. The molecule has 0 saturated heterocycles. The first-order chi connectivity index (χ1) is 14.0. The summed E-state index contributed by atoms with van der Waals surface area (Å²) < 4.78 is 32.8. The minimum atomic E-state index is -4.02. The minimum Gasteiger partial charge on any atom is -0.448 e. The van der Waals surface area contributed by atoms with Crippen molar-refractivity contribution in [2.75, 3.05) is 4.72 Å². The van der Waals surface area contributed by atoms with E-state index in [0.717, 1.165) is 0 Å². The van der Waals surface area contributed by atoms with Crippen LogP contribution in [0, 0.1) is 5.92 Å². The number of carbonyl (C=O) groups is 3. The summed E-state index contributed by atoms with van der Waals surface area (Å²) in [7, 11) is -4.02. The van der Waals surface area contributed by atoms with Gasteiger partial charge in [0.2, 0.25) is 0 Å². The van der Waals surface area contributed by atoms with Crippen LogP contribution in [0.3, 0.4) is 0 Å². The molecular weight excluding hydrogens is 434 g/mol. The van der Waals surface area contributed by atoms with E-state index in [1.165, 1.54) is 48.5 Å². The second kappa shape index (κ2) is 9.59. The summed E-state index contributed by atoms with van der Waals surface area (Å²) in [6.07, 6.45) is -1.31. The molecule has 0 aliphatic heterocycles. The Morgan fingerprint density at radius 3 is 2.20 bits per heavy atom. The van der Waals surface area contributed by atoms with E-state index in [9.17, 15) is 22.8 Å². The molecule has 0 radical (unpaired) electrons. The molecule has 0 heterocycles. The molecule has 0 bridgehead atoms. The van der Waals surface area contributed by atoms with Crippen molar-refractivity contribution in [2.24, 2.45) is 11.7 Å². The smallest absolute Gasteiger partial charge is 0.341 e. The monoisotopic (exact) mass is 453 g/mol. The zero-order valence-corrected chi connectivity index (χ0v) is 17.7. The average molecular weight is 454 g/mol. The highest BCUT2D eigenvalue weighted by Gasteiger charge is 2.29. The number of esters is 1. The van der Waals surface area contributed by atoms with Crippen LogP contribution in [0.5, 0.6) is 0 Å². The number of imide groups is 1. The summed E-state index contributed by atoms with van der Waals surface area (Å²) in [6, 6.07) is 10.1. The second-order valence-corrected chi connectivity index (χ2v) is 8.65. The number of hydrogen-bond donors (Lipinski definition) is 3. The molecule has 11 heteroatoms. The largest absolute Gasteiger partial charge is 0.448 e. The van der Waals surface area contributed by atoms with Crippen molar-refractivity contribution >= 4 is 45.2 Å². The van der Waals surface area contributed by atoms with Crippen LogP contribution in [0.4, 0.5) is 10.5 Å². The molecule has 2 aromatic carbocycles. The van der Waals surface area contributed by atoms with Crippen molar-refractivity contribution in [1.82, 2.24) is 5.32 Å². The van der Waals surface area contributed by atoms with Gasteiger partial charge in [0.25, 0.3) is 15.9 Å². The molecule has 0 aliphatic carbocycles. The fourth-order valence-electron chi connectivity index (χ4n) is 2.43. The van der Waals surface area contributed by atoms with E-state index >= 15 is 0 Å². The molecule has 0 spiro atoms. The Bertz CT molecular complexity index is 1050. The Labute approximate surface area is 178 Å². The Kier molecular flexibility index (Phi) is 7.41. The molecule has 0 saturated carbocycles. The Morgan fingerprint density at radius 1 is 1.03 bits per heavy atom. The molecule has 0 aliphatic rings. The molecule has 160 valence electrons. The van der Waals surface area contributed by atoms with Crippen LogP contribution in [0.2, 0.25) is 5.02 Å². The number of carbonyl (C=O) groups excluding carboxylic acids is 3. The van der Waals surface area contributed by atoms with Gasteiger partial charge in [-0.3, -0.25) is 14.8 Å². The first-order valence-electron chi connectivity index (χ1n) is 8.70. The number of rotatable bonds is 7. The van der Waals surface area contributed by atoms with Crippen LogP contribution in [0.1, 0.15) is 24.2 Å². The third-order valence-electron chi connectivity index (χ3n) is 3.86. The van der Waals surface area contributed by atoms with E-state index in [2.05, 4.69) is 4.72 Å². The zero-order valence-electron chi connectivity index (χ0n) is 16.1. The van der Waals surface area contributed by atoms with Gasteiger partial charge in [-0.1, -0.05) is 37.6 Å². The zero-order chi connectivity index (χ0) is 22.5. The van der Waals surface area contributed by atoms with Crippen LogP contribution in [-0.4, -0.2) is 32.4 Å². The van der Waals surface area contributed by atoms with Crippen molar-refractivity contribution in [3.05, 3.63) is 59.1 Å². The maximum atomic E-state index is 12.7. The molecule has 30 heavy (non-hydrogen) atoms. The highest BCUT2D eigenvalue weighted by molar-refractivity contribution is 7.92. The van der Waals surface area contributed by atoms with Crippen molar-refractivity contribution in [1.29, 1.82) is 0 Å². The van der Waals surface area contributed by atoms with Crippen molar-refractivity contribution < 1.29 is 27.5 Å². The number of benzene rings is 2. The van der Waals surface area contributed by atoms with E-state index in [0.29, 0.717) is 5.02 Å². The van der Waals surface area contributed by atoms with Crippen LogP contribution in [-0.2, 0) is 19.6 Å². The van der Waals surface area contributed by atoms with Gasteiger partial charge in [0, 0.05) is 5.02 Å². The Morgan fingerprint density at radius 2 is 1.63 bits per heavy atom. The Balaban J connectivity index is 2.29. The minimum absolute atomic E-state index is 0.0461. The number of hydrogen-bond acceptors (Lipinski definition) is 6. The standard InChI is InChI=1S/C19H20ClN3O6S/c1-11(2)16(17(24)22-19(21)26)29-18(25)14-5-3-4-6-15(14)23-30(27,28)13-9-7-12(20)8-10-13/h3-11,16,23H,1-2H3,(H3,21,22,24,26). The highest BCUT2D eigenvalue weighted by atomic mass is 35.5. The quantitative estimate of drug-likeness (QED) is 0.549. The number of nitrogens with two attached hydrogens (primary N) is 1. The van der Waals surface area contributed by atoms with Gasteiger partial charge >= 0.3 is 12.0 Å². The third kappa shape index (κ3) is 5.94. The fourth-order valence-corrected chi connectivity index (χ4v) is 3.64. The molecule has 1 unspecified atom stereocenters. The summed E-state index contributed by atoms with van der Waals surface area (Å²) in [5.74, 6) is -2.32. The van der Waals surface area contributed by atoms with Crippen LogP contribution >= 0.6 is 11.6 Å². The summed E-state index contributed by atoms with van der Waals surface area (Å²) in [5, 5.41) is 2.23. The van der Waals surface area contributed by atoms with Gasteiger partial charge in [-0.05, 0) is 42.3 Å². The van der Waals surface area contributed by atoms with Gasteiger partial charge < -0.3 is 10.5 Å². The summed E-state index contributed by atoms with van der Waals surface area (Å²) in [6.45, 7) is 3.21. The molecule has 2 aromatic rings. The summed E-state index contributed by atoms with van der Waals surface area (Å²) in [4.78, 5) is 35.6. The van der Waals surface area contributed by atoms with E-state index in [1.54, 1.807) is 13.8 Å². The van der Waals surface area contributed by atoms with Crippen molar-refractivity contribution in [3.8, 4) is 0 Å². The average Bonchev–Trinajstić information content (AvgIpc) is 2.65. The topological polar surface area (TPSA) is 145 Å². The first-order valence-corrected chi connectivity index (χ1v) is 10.6. The fraction of sp³-hybridized carbons (Fsp3) is 0.211. The van der Waals surface area contributed by atoms with Crippen molar-refractivity contribution in [2.45, 2.75) is 24.8 Å². The molecule has 1 atom stereocenters. The first kappa shape index (κ1) is 23.2. The van der Waals surface area contributed by atoms with E-state index in [1.807, 2.05) is 5.32 Å². The number of para-hydroxylation sites is 1. The lowest BCUT2D eigenvalue weighted by Crippen LogP contribution is -2.45. The van der Waals surface area contributed by atoms with Crippen LogP contribution < -0.4 is 15.8 Å². The number of primary amides is 1. The Hall–Kier alpha value is -3.11. The molecule has 0 aromatic heterocycles. The second-order valence-electron chi connectivity index (χ2n) is 6.53. The van der Waals surface area contributed by atoms with Gasteiger partial charge in [0.15, 0.2) is 6.10 Å². The van der Waals surface area contributed by atoms with Gasteiger partial charge in [0.05, 0.1) is 16.1 Å². The van der Waals surface area contributed by atoms with Gasteiger partial charge in [-0.2, -0.15) is 0 Å². The molecular formula is C19H20ClN3O6S. The number of amides is 3. The number of anilines is 1. The van der Waals surface area contributed by atoms with E-state index in [4.69, 9.17) is 22.1 Å². The molecule has 0 fully saturated rings. The molecule has 9 nitrogen and oxygen atoms in total. The van der Waals surface area contributed by atoms with Crippen molar-refractivity contribution in [3.63, 3.8) is 0 Å². The van der Waals surface area contributed by atoms with E-state index < -0.39 is 40.0 Å². The predicted molar refractivity (Wildman–Crippen MR) is 110 cm³/mol. The highest BCUT2D eigenvalue weighted by Crippen LogP contribution is 2.23. The van der Waals surface area contributed by atoms with Crippen LogP contribution in [0.25, 0.3) is 0 Å². The molecule has 4 N–H and O–H groups in total. The lowest BCUT2D eigenvalue weighted by Gasteiger charge is -2.20.